The Bertz CT molecular complexity index is 1380. The van der Waals surface area contributed by atoms with Crippen molar-refractivity contribution in [3.8, 4) is 5.75 Å². The van der Waals surface area contributed by atoms with Crippen LogP contribution in [0.2, 0.25) is 0 Å². The van der Waals surface area contributed by atoms with Gasteiger partial charge in [0.05, 0.1) is 28.5 Å². The molecule has 0 aliphatic heterocycles. The number of aryl methyl sites for hydroxylation is 2. The van der Waals surface area contributed by atoms with Crippen LogP contribution in [0.25, 0.3) is 10.2 Å². The number of aromatic nitrogens is 1. The number of benzene rings is 3. The number of thiazole rings is 1. The minimum Gasteiger partial charge on any atom is -0.497 e. The quantitative estimate of drug-likeness (QED) is 0.215. The van der Waals surface area contributed by atoms with Crippen LogP contribution < -0.4 is 9.75 Å². The van der Waals surface area contributed by atoms with Gasteiger partial charge in [0, 0.05) is 17.7 Å². The van der Waals surface area contributed by atoms with E-state index in [0.717, 1.165) is 21.3 Å². The molecule has 0 aliphatic carbocycles. The fraction of sp³-hybridized carbons (Fsp3) is 0.125. The van der Waals surface area contributed by atoms with Gasteiger partial charge < -0.3 is 4.74 Å². The molecule has 33 heavy (non-hydrogen) atoms. The van der Waals surface area contributed by atoms with E-state index in [1.54, 1.807) is 25.3 Å². The van der Waals surface area contributed by atoms with Crippen LogP contribution in [0.4, 0.5) is 10.8 Å². The Morgan fingerprint density at radius 1 is 1.12 bits per heavy atom. The minimum atomic E-state index is -0.466. The van der Waals surface area contributed by atoms with Gasteiger partial charge in [-0.1, -0.05) is 29.0 Å². The van der Waals surface area contributed by atoms with Crippen molar-refractivity contribution < 1.29 is 14.5 Å². The van der Waals surface area contributed by atoms with Gasteiger partial charge in [0.15, 0.2) is 0 Å². The highest BCUT2D eigenvalue weighted by atomic mass is 32.1. The molecule has 8 nitrogen and oxygen atoms in total. The average Bonchev–Trinajstić information content (AvgIpc) is 3.22. The fourth-order valence-electron chi connectivity index (χ4n) is 3.27. The summed E-state index contributed by atoms with van der Waals surface area (Å²) < 4.78 is 6.14. The lowest BCUT2D eigenvalue weighted by Gasteiger charge is -2.15. The van der Waals surface area contributed by atoms with E-state index in [1.807, 2.05) is 44.2 Å². The number of carbonyl (C=O) groups excluding carboxylic acids is 1. The summed E-state index contributed by atoms with van der Waals surface area (Å²) in [6, 6.07) is 17.0. The summed E-state index contributed by atoms with van der Waals surface area (Å²) in [5, 5.41) is 17.0. The van der Waals surface area contributed by atoms with E-state index >= 15 is 0 Å². The van der Waals surface area contributed by atoms with Crippen LogP contribution in [-0.2, 0) is 0 Å². The van der Waals surface area contributed by atoms with Gasteiger partial charge in [-0.15, -0.1) is 0 Å². The van der Waals surface area contributed by atoms with Gasteiger partial charge in [-0.3, -0.25) is 14.9 Å². The van der Waals surface area contributed by atoms with Crippen molar-refractivity contribution in [2.24, 2.45) is 5.10 Å². The van der Waals surface area contributed by atoms with Gasteiger partial charge >= 0.3 is 0 Å². The molecule has 0 N–H and O–H groups in total. The Balaban J connectivity index is 1.76. The first kappa shape index (κ1) is 22.1. The second kappa shape index (κ2) is 9.17. The van der Waals surface area contributed by atoms with Gasteiger partial charge in [-0.25, -0.2) is 4.98 Å². The SMILES string of the molecule is COc1ccc2nc(N(/N=C/c3ccc([N+](=O)[O-])cc3)C(=O)c3ccc(C)cc3C)sc2c1. The van der Waals surface area contributed by atoms with Crippen LogP contribution >= 0.6 is 11.3 Å². The normalized spacial score (nSPS) is 11.1. The number of nitro benzene ring substituents is 1. The van der Waals surface area contributed by atoms with Gasteiger partial charge in [0.25, 0.3) is 11.6 Å². The zero-order chi connectivity index (χ0) is 23.5. The third-order valence-corrected chi connectivity index (χ3v) is 5.99. The molecule has 166 valence electrons. The number of anilines is 1. The number of rotatable bonds is 6. The van der Waals surface area contributed by atoms with Crippen molar-refractivity contribution in [1.82, 2.24) is 4.98 Å². The van der Waals surface area contributed by atoms with Crippen molar-refractivity contribution in [3.63, 3.8) is 0 Å². The number of nitrogens with zero attached hydrogens (tertiary/aromatic N) is 4. The lowest BCUT2D eigenvalue weighted by molar-refractivity contribution is -0.384. The smallest absolute Gasteiger partial charge is 0.281 e. The first-order valence-electron chi connectivity index (χ1n) is 10.0. The van der Waals surface area contributed by atoms with Gasteiger partial charge in [0.1, 0.15) is 5.75 Å². The van der Waals surface area contributed by atoms with E-state index in [0.29, 0.717) is 22.0 Å². The molecule has 1 amide bonds. The second-order valence-corrected chi connectivity index (χ2v) is 8.37. The number of carbonyl (C=O) groups is 1. The summed E-state index contributed by atoms with van der Waals surface area (Å²) in [6.45, 7) is 3.84. The molecule has 0 saturated heterocycles. The van der Waals surface area contributed by atoms with Crippen molar-refractivity contribution in [2.75, 3.05) is 12.1 Å². The molecule has 1 aromatic heterocycles. The van der Waals surface area contributed by atoms with Gasteiger partial charge in [0.2, 0.25) is 5.13 Å². The predicted molar refractivity (Wildman–Crippen MR) is 130 cm³/mol. The van der Waals surface area contributed by atoms with Crippen molar-refractivity contribution in [1.29, 1.82) is 0 Å². The lowest BCUT2D eigenvalue weighted by atomic mass is 10.1. The maximum Gasteiger partial charge on any atom is 0.281 e. The van der Waals surface area contributed by atoms with Crippen LogP contribution in [0.1, 0.15) is 27.0 Å². The van der Waals surface area contributed by atoms with Crippen LogP contribution in [-0.4, -0.2) is 29.1 Å². The molecule has 0 unspecified atom stereocenters. The van der Waals surface area contributed by atoms with Crippen molar-refractivity contribution in [3.05, 3.63) is 93.0 Å². The highest BCUT2D eigenvalue weighted by Crippen LogP contribution is 2.32. The van der Waals surface area contributed by atoms with Crippen molar-refractivity contribution >= 4 is 44.5 Å². The summed E-state index contributed by atoms with van der Waals surface area (Å²) in [7, 11) is 1.59. The third kappa shape index (κ3) is 4.73. The third-order valence-electron chi connectivity index (χ3n) is 5.00. The van der Waals surface area contributed by atoms with Crippen LogP contribution in [0.5, 0.6) is 5.75 Å². The number of nitro groups is 1. The lowest BCUT2D eigenvalue weighted by Crippen LogP contribution is -2.26. The van der Waals surface area contributed by atoms with Crippen LogP contribution in [0.3, 0.4) is 0 Å². The van der Waals surface area contributed by atoms with E-state index in [1.165, 1.54) is 34.7 Å². The summed E-state index contributed by atoms with van der Waals surface area (Å²) in [5.74, 6) is 0.371. The Labute approximate surface area is 193 Å². The molecule has 0 aliphatic rings. The van der Waals surface area contributed by atoms with Crippen LogP contribution in [0.15, 0.2) is 65.8 Å². The highest BCUT2D eigenvalue weighted by Gasteiger charge is 2.22. The number of ether oxygens (including phenoxy) is 1. The largest absolute Gasteiger partial charge is 0.497 e. The number of hydrogen-bond donors (Lipinski definition) is 0. The number of hydrogen-bond acceptors (Lipinski definition) is 7. The standard InChI is InChI=1S/C24H20N4O4S/c1-15-4-10-20(16(2)12-15)23(29)27(25-14-17-5-7-18(8-6-17)28(30)31)24-26-21-11-9-19(32-3)13-22(21)33-24/h4-14H,1-3H3/b25-14+. The maximum atomic E-state index is 13.5. The molecular weight excluding hydrogens is 440 g/mol. The molecular formula is C24H20N4O4S. The number of non-ortho nitro benzene ring substituents is 1. The Morgan fingerprint density at radius 3 is 2.55 bits per heavy atom. The molecule has 0 bridgehead atoms. The highest BCUT2D eigenvalue weighted by molar-refractivity contribution is 7.22. The summed E-state index contributed by atoms with van der Waals surface area (Å²) in [6.07, 6.45) is 1.48. The summed E-state index contributed by atoms with van der Waals surface area (Å²) in [5.41, 5.74) is 3.71. The molecule has 0 atom stereocenters. The molecule has 9 heteroatoms. The molecule has 0 saturated carbocycles. The first-order chi connectivity index (χ1) is 15.9. The first-order valence-corrected chi connectivity index (χ1v) is 10.8. The molecule has 4 rings (SSSR count). The Hall–Kier alpha value is -4.11. The molecule has 0 radical (unpaired) electrons. The fourth-order valence-corrected chi connectivity index (χ4v) is 4.22. The van der Waals surface area contributed by atoms with Crippen molar-refractivity contribution in [2.45, 2.75) is 13.8 Å². The summed E-state index contributed by atoms with van der Waals surface area (Å²) in [4.78, 5) is 28.5. The zero-order valence-electron chi connectivity index (χ0n) is 18.2. The Kier molecular flexibility index (Phi) is 6.14. The number of amides is 1. The molecule has 0 spiro atoms. The second-order valence-electron chi connectivity index (χ2n) is 7.36. The van der Waals surface area contributed by atoms with Gasteiger partial charge in [-0.2, -0.15) is 10.1 Å². The molecule has 0 fully saturated rings. The molecule has 3 aromatic carbocycles. The predicted octanol–water partition coefficient (Wildman–Crippen LogP) is 5.51. The van der Waals surface area contributed by atoms with Gasteiger partial charge in [-0.05, 0) is 61.4 Å². The Morgan fingerprint density at radius 2 is 1.88 bits per heavy atom. The number of hydrazone groups is 1. The topological polar surface area (TPSA) is 97.9 Å². The van der Waals surface area contributed by atoms with E-state index in [4.69, 9.17) is 4.74 Å². The zero-order valence-corrected chi connectivity index (χ0v) is 19.0. The number of methoxy groups -OCH3 is 1. The molecule has 1 heterocycles. The van der Waals surface area contributed by atoms with E-state index in [9.17, 15) is 14.9 Å². The van der Waals surface area contributed by atoms with E-state index in [2.05, 4.69) is 10.1 Å². The monoisotopic (exact) mass is 460 g/mol. The van der Waals surface area contributed by atoms with Crippen LogP contribution in [0, 0.1) is 24.0 Å². The summed E-state index contributed by atoms with van der Waals surface area (Å²) >= 11 is 1.32. The number of fused-ring (bicyclic) bond motifs is 1. The minimum absolute atomic E-state index is 0.0181. The van der Waals surface area contributed by atoms with E-state index < -0.39 is 4.92 Å². The maximum absolute atomic E-state index is 13.5. The molecule has 4 aromatic rings. The van der Waals surface area contributed by atoms with E-state index in [-0.39, 0.29) is 11.6 Å². The average molecular weight is 461 g/mol.